The van der Waals surface area contributed by atoms with Crippen molar-refractivity contribution in [2.75, 3.05) is 13.7 Å². The molecule has 0 aliphatic heterocycles. The van der Waals surface area contributed by atoms with E-state index in [2.05, 4.69) is 4.98 Å². The first-order chi connectivity index (χ1) is 9.33. The van der Waals surface area contributed by atoms with E-state index in [1.807, 2.05) is 36.4 Å². The molecule has 0 atom stereocenters. The summed E-state index contributed by atoms with van der Waals surface area (Å²) in [7, 11) is 1.70. The van der Waals surface area contributed by atoms with Crippen molar-refractivity contribution in [1.82, 2.24) is 4.98 Å². The van der Waals surface area contributed by atoms with Crippen LogP contribution in [0.25, 0.3) is 0 Å². The van der Waals surface area contributed by atoms with Crippen LogP contribution in [-0.4, -0.2) is 18.7 Å². The summed E-state index contributed by atoms with van der Waals surface area (Å²) in [6, 6.07) is 11.7. The van der Waals surface area contributed by atoms with Gasteiger partial charge in [-0.3, -0.25) is 0 Å². The van der Waals surface area contributed by atoms with E-state index in [0.717, 1.165) is 24.3 Å². The fraction of sp³-hybridized carbons (Fsp3) is 0.267. The van der Waals surface area contributed by atoms with E-state index in [4.69, 9.17) is 21.1 Å². The molecular formula is C15H16ClNO2. The quantitative estimate of drug-likeness (QED) is 0.753. The second kappa shape index (κ2) is 7.12. The molecule has 0 unspecified atom stereocenters. The fourth-order valence-electron chi connectivity index (χ4n) is 1.67. The Morgan fingerprint density at radius 3 is 2.63 bits per heavy atom. The third-order valence-electron chi connectivity index (χ3n) is 2.73. The maximum atomic E-state index is 5.85. The van der Waals surface area contributed by atoms with Crippen LogP contribution in [0.5, 0.6) is 11.6 Å². The average molecular weight is 278 g/mol. The number of pyridine rings is 1. The van der Waals surface area contributed by atoms with Crippen molar-refractivity contribution in [3.05, 3.63) is 53.7 Å². The zero-order chi connectivity index (χ0) is 13.5. The Hall–Kier alpha value is -1.58. The summed E-state index contributed by atoms with van der Waals surface area (Å²) in [6.07, 6.45) is 2.59. The summed E-state index contributed by atoms with van der Waals surface area (Å²) in [5, 5.41) is 0. The summed E-state index contributed by atoms with van der Waals surface area (Å²) >= 11 is 5.85. The zero-order valence-corrected chi connectivity index (χ0v) is 11.6. The van der Waals surface area contributed by atoms with Gasteiger partial charge in [0.2, 0.25) is 5.88 Å². The second-order valence-electron chi connectivity index (χ2n) is 4.09. The van der Waals surface area contributed by atoms with Crippen molar-refractivity contribution in [3.63, 3.8) is 0 Å². The molecule has 0 spiro atoms. The minimum atomic E-state index is 0.384. The van der Waals surface area contributed by atoms with Gasteiger partial charge in [-0.15, -0.1) is 11.6 Å². The van der Waals surface area contributed by atoms with Gasteiger partial charge in [0.05, 0.1) is 12.5 Å². The largest absolute Gasteiger partial charge is 0.439 e. The number of rotatable bonds is 6. The van der Waals surface area contributed by atoms with E-state index >= 15 is 0 Å². The number of aromatic nitrogens is 1. The molecule has 0 saturated carbocycles. The highest BCUT2D eigenvalue weighted by atomic mass is 35.5. The molecule has 0 bridgehead atoms. The molecule has 19 heavy (non-hydrogen) atoms. The summed E-state index contributed by atoms with van der Waals surface area (Å²) < 4.78 is 10.8. The molecule has 0 radical (unpaired) electrons. The lowest BCUT2D eigenvalue weighted by molar-refractivity contribution is 0.202. The van der Waals surface area contributed by atoms with Gasteiger partial charge in [-0.05, 0) is 30.2 Å². The van der Waals surface area contributed by atoms with E-state index in [-0.39, 0.29) is 0 Å². The van der Waals surface area contributed by atoms with Gasteiger partial charge in [-0.1, -0.05) is 18.2 Å². The number of nitrogens with zero attached hydrogens (tertiary/aromatic N) is 1. The van der Waals surface area contributed by atoms with E-state index < -0.39 is 0 Å². The second-order valence-corrected chi connectivity index (χ2v) is 4.36. The molecule has 0 N–H and O–H groups in total. The molecule has 1 aromatic carbocycles. The van der Waals surface area contributed by atoms with Gasteiger partial charge in [0.25, 0.3) is 0 Å². The highest BCUT2D eigenvalue weighted by Gasteiger charge is 2.04. The highest BCUT2D eigenvalue weighted by Crippen LogP contribution is 2.24. The van der Waals surface area contributed by atoms with Crippen LogP contribution < -0.4 is 4.74 Å². The van der Waals surface area contributed by atoms with Crippen molar-refractivity contribution in [1.29, 1.82) is 0 Å². The number of hydrogen-bond donors (Lipinski definition) is 0. The Morgan fingerprint density at radius 2 is 1.95 bits per heavy atom. The Morgan fingerprint density at radius 1 is 1.16 bits per heavy atom. The van der Waals surface area contributed by atoms with Crippen LogP contribution in [0.3, 0.4) is 0 Å². The maximum absolute atomic E-state index is 5.85. The first-order valence-corrected chi connectivity index (χ1v) is 6.62. The number of hydrogen-bond acceptors (Lipinski definition) is 3. The van der Waals surface area contributed by atoms with Crippen LogP contribution in [0.2, 0.25) is 0 Å². The lowest BCUT2D eigenvalue weighted by Gasteiger charge is -2.08. The van der Waals surface area contributed by atoms with Gasteiger partial charge in [0.1, 0.15) is 5.75 Å². The molecular weight excluding hydrogens is 262 g/mol. The Labute approximate surface area is 118 Å². The fourth-order valence-corrected chi connectivity index (χ4v) is 1.88. The minimum Gasteiger partial charge on any atom is -0.439 e. The van der Waals surface area contributed by atoms with Crippen molar-refractivity contribution in [2.45, 2.75) is 12.3 Å². The number of alkyl halides is 1. The average Bonchev–Trinajstić information content (AvgIpc) is 2.47. The Balaban J connectivity index is 2.06. The van der Waals surface area contributed by atoms with Crippen LogP contribution >= 0.6 is 11.6 Å². The van der Waals surface area contributed by atoms with Gasteiger partial charge in [0, 0.05) is 18.9 Å². The molecule has 0 saturated heterocycles. The standard InChI is InChI=1S/C15H16ClNO2/c1-18-10-8-12-4-6-14(7-5-12)19-15-13(11-16)3-2-9-17-15/h2-7,9H,8,10-11H2,1H3. The molecule has 100 valence electrons. The van der Waals surface area contributed by atoms with E-state index in [1.165, 1.54) is 5.56 Å². The molecule has 4 heteroatoms. The molecule has 2 rings (SSSR count). The molecule has 0 fully saturated rings. The van der Waals surface area contributed by atoms with Crippen LogP contribution in [0, 0.1) is 0 Å². The van der Waals surface area contributed by atoms with Crippen molar-refractivity contribution in [2.24, 2.45) is 0 Å². The third-order valence-corrected chi connectivity index (χ3v) is 3.01. The summed E-state index contributed by atoms with van der Waals surface area (Å²) in [4.78, 5) is 4.19. The normalized spacial score (nSPS) is 10.4. The first-order valence-electron chi connectivity index (χ1n) is 6.09. The smallest absolute Gasteiger partial charge is 0.223 e. The molecule has 0 aliphatic carbocycles. The van der Waals surface area contributed by atoms with Gasteiger partial charge in [-0.2, -0.15) is 0 Å². The number of halogens is 1. The highest BCUT2D eigenvalue weighted by molar-refractivity contribution is 6.17. The van der Waals surface area contributed by atoms with E-state index in [9.17, 15) is 0 Å². The van der Waals surface area contributed by atoms with Gasteiger partial charge >= 0.3 is 0 Å². The van der Waals surface area contributed by atoms with Crippen LogP contribution in [0.1, 0.15) is 11.1 Å². The third kappa shape index (κ3) is 3.94. The monoisotopic (exact) mass is 277 g/mol. The predicted molar refractivity (Wildman–Crippen MR) is 75.9 cm³/mol. The number of methoxy groups -OCH3 is 1. The lowest BCUT2D eigenvalue weighted by Crippen LogP contribution is -1.95. The predicted octanol–water partition coefficient (Wildman–Crippen LogP) is 3.80. The van der Waals surface area contributed by atoms with Gasteiger partial charge < -0.3 is 9.47 Å². The molecule has 0 aliphatic rings. The maximum Gasteiger partial charge on any atom is 0.223 e. The topological polar surface area (TPSA) is 31.4 Å². The Bertz CT molecular complexity index is 514. The summed E-state index contributed by atoms with van der Waals surface area (Å²) in [6.45, 7) is 0.719. The molecule has 0 amide bonds. The molecule has 1 heterocycles. The van der Waals surface area contributed by atoms with Crippen LogP contribution in [-0.2, 0) is 17.0 Å². The summed E-state index contributed by atoms with van der Waals surface area (Å²) in [5.41, 5.74) is 2.10. The van der Waals surface area contributed by atoms with Crippen LogP contribution in [0.15, 0.2) is 42.6 Å². The zero-order valence-electron chi connectivity index (χ0n) is 10.8. The molecule has 1 aromatic heterocycles. The number of ether oxygens (including phenoxy) is 2. The lowest BCUT2D eigenvalue weighted by atomic mass is 10.1. The molecule has 3 nitrogen and oxygen atoms in total. The van der Waals surface area contributed by atoms with Gasteiger partial charge in [0.15, 0.2) is 0 Å². The van der Waals surface area contributed by atoms with Crippen molar-refractivity contribution >= 4 is 11.6 Å². The summed E-state index contributed by atoms with van der Waals surface area (Å²) in [5.74, 6) is 1.70. The van der Waals surface area contributed by atoms with Crippen molar-refractivity contribution < 1.29 is 9.47 Å². The van der Waals surface area contributed by atoms with Gasteiger partial charge in [-0.25, -0.2) is 4.98 Å². The van der Waals surface area contributed by atoms with Crippen LogP contribution in [0.4, 0.5) is 0 Å². The van der Waals surface area contributed by atoms with E-state index in [0.29, 0.717) is 11.8 Å². The van der Waals surface area contributed by atoms with Crippen molar-refractivity contribution in [3.8, 4) is 11.6 Å². The first kappa shape index (κ1) is 13.8. The molecule has 2 aromatic rings. The Kier molecular flexibility index (Phi) is 5.19. The van der Waals surface area contributed by atoms with E-state index in [1.54, 1.807) is 13.3 Å². The minimum absolute atomic E-state index is 0.384. The SMILES string of the molecule is COCCc1ccc(Oc2ncccc2CCl)cc1. The number of benzene rings is 1.